The van der Waals surface area contributed by atoms with E-state index < -0.39 is 10.0 Å². The largest absolute Gasteiger partial charge is 0.322 e. The summed E-state index contributed by atoms with van der Waals surface area (Å²) >= 11 is 0. The summed E-state index contributed by atoms with van der Waals surface area (Å²) in [6.45, 7) is 3.69. The number of nitrogens with zero attached hydrogens (tertiary/aromatic N) is 2. The molecule has 0 aliphatic heterocycles. The van der Waals surface area contributed by atoms with Gasteiger partial charge in [-0.25, -0.2) is 8.42 Å². The number of hydrogen-bond acceptors (Lipinski definition) is 5. The molecule has 3 aromatic carbocycles. The highest BCUT2D eigenvalue weighted by molar-refractivity contribution is 7.92. The van der Waals surface area contributed by atoms with E-state index in [4.69, 9.17) is 0 Å². The molecule has 8 heteroatoms. The molecule has 0 bridgehead atoms. The highest BCUT2D eigenvalue weighted by atomic mass is 32.2. The molecule has 3 rings (SSSR count). The Morgan fingerprint density at radius 2 is 1.57 bits per heavy atom. The van der Waals surface area contributed by atoms with Gasteiger partial charge in [0.05, 0.1) is 10.6 Å². The van der Waals surface area contributed by atoms with Crippen molar-refractivity contribution in [2.75, 3.05) is 16.7 Å². The van der Waals surface area contributed by atoms with E-state index >= 15 is 0 Å². The van der Waals surface area contributed by atoms with Crippen molar-refractivity contribution in [2.45, 2.75) is 18.7 Å². The van der Waals surface area contributed by atoms with Gasteiger partial charge < -0.3 is 5.32 Å². The van der Waals surface area contributed by atoms with Gasteiger partial charge in [-0.2, -0.15) is 0 Å². The van der Waals surface area contributed by atoms with E-state index in [-0.39, 0.29) is 16.5 Å². The number of anilines is 2. The van der Waals surface area contributed by atoms with Gasteiger partial charge in [-0.3, -0.25) is 9.10 Å². The molecule has 1 amide bonds. The van der Waals surface area contributed by atoms with Crippen molar-refractivity contribution in [3.8, 4) is 0 Å². The van der Waals surface area contributed by atoms with E-state index in [1.54, 1.807) is 67.6 Å². The molecule has 0 radical (unpaired) electrons. The molecule has 0 heterocycles. The van der Waals surface area contributed by atoms with Gasteiger partial charge in [0.25, 0.3) is 15.9 Å². The van der Waals surface area contributed by atoms with Gasteiger partial charge in [0.15, 0.2) is 0 Å². The first-order valence-electron chi connectivity index (χ1n) is 9.13. The van der Waals surface area contributed by atoms with Crippen LogP contribution in [0.4, 0.5) is 17.1 Å². The molecule has 30 heavy (non-hydrogen) atoms. The van der Waals surface area contributed by atoms with E-state index in [9.17, 15) is 18.1 Å². The number of nitroso groups, excluding NO2 is 1. The number of nitrogens with one attached hydrogen (secondary N) is 1. The van der Waals surface area contributed by atoms with E-state index in [0.29, 0.717) is 16.9 Å². The molecular formula is C22H21N3O4S. The number of aryl methyl sites for hydroxylation is 2. The van der Waals surface area contributed by atoms with Crippen molar-refractivity contribution >= 4 is 33.0 Å². The van der Waals surface area contributed by atoms with Gasteiger partial charge in [-0.1, -0.05) is 23.8 Å². The zero-order valence-electron chi connectivity index (χ0n) is 16.8. The first-order chi connectivity index (χ1) is 14.2. The fourth-order valence-corrected chi connectivity index (χ4v) is 4.02. The average Bonchev–Trinajstić information content (AvgIpc) is 2.75. The molecule has 0 aliphatic rings. The first-order valence-corrected chi connectivity index (χ1v) is 10.6. The predicted octanol–water partition coefficient (Wildman–Crippen LogP) is 4.78. The molecular weight excluding hydrogens is 402 g/mol. The number of benzene rings is 3. The van der Waals surface area contributed by atoms with Crippen LogP contribution in [0.15, 0.2) is 76.8 Å². The van der Waals surface area contributed by atoms with Crippen LogP contribution >= 0.6 is 0 Å². The van der Waals surface area contributed by atoms with Gasteiger partial charge in [0.1, 0.15) is 5.69 Å². The number of carbonyl (C=O) groups excluding carboxylic acids is 1. The summed E-state index contributed by atoms with van der Waals surface area (Å²) < 4.78 is 26.8. The Morgan fingerprint density at radius 1 is 0.933 bits per heavy atom. The zero-order chi connectivity index (χ0) is 21.9. The topological polar surface area (TPSA) is 95.9 Å². The van der Waals surface area contributed by atoms with Crippen LogP contribution in [0.25, 0.3) is 0 Å². The van der Waals surface area contributed by atoms with E-state index in [1.807, 2.05) is 6.92 Å². The first kappa shape index (κ1) is 21.2. The molecule has 154 valence electrons. The summed E-state index contributed by atoms with van der Waals surface area (Å²) in [7, 11) is -2.25. The van der Waals surface area contributed by atoms with Crippen LogP contribution in [-0.4, -0.2) is 21.4 Å². The summed E-state index contributed by atoms with van der Waals surface area (Å²) in [6, 6.07) is 17.6. The third-order valence-electron chi connectivity index (χ3n) is 4.75. The van der Waals surface area contributed by atoms with Crippen LogP contribution in [-0.2, 0) is 10.0 Å². The number of rotatable bonds is 6. The highest BCUT2D eigenvalue weighted by Crippen LogP contribution is 2.25. The van der Waals surface area contributed by atoms with Gasteiger partial charge >= 0.3 is 0 Å². The molecule has 0 unspecified atom stereocenters. The maximum Gasteiger partial charge on any atom is 0.264 e. The van der Waals surface area contributed by atoms with Crippen molar-refractivity contribution in [1.82, 2.24) is 0 Å². The second-order valence-electron chi connectivity index (χ2n) is 6.88. The summed E-state index contributed by atoms with van der Waals surface area (Å²) in [5.41, 5.74) is 3.24. The van der Waals surface area contributed by atoms with Crippen LogP contribution < -0.4 is 9.62 Å². The molecule has 0 atom stereocenters. The maximum absolute atomic E-state index is 12.8. The van der Waals surface area contributed by atoms with E-state index in [1.165, 1.54) is 17.4 Å². The highest BCUT2D eigenvalue weighted by Gasteiger charge is 2.21. The standard InChI is InChI=1S/C22H21N3O4S/c1-15-4-12-20(13-5-15)30(28,29)25(3)19-10-7-17(8-11-19)22(26)23-21-14-18(24-27)9-6-16(21)2/h4-14H,1-3H3,(H,23,26). The predicted molar refractivity (Wildman–Crippen MR) is 118 cm³/mol. The van der Waals surface area contributed by atoms with Crippen LogP contribution in [0.3, 0.4) is 0 Å². The van der Waals surface area contributed by atoms with Crippen molar-refractivity contribution < 1.29 is 13.2 Å². The molecule has 1 N–H and O–H groups in total. The second-order valence-corrected chi connectivity index (χ2v) is 8.85. The van der Waals surface area contributed by atoms with E-state index in [2.05, 4.69) is 10.5 Å². The van der Waals surface area contributed by atoms with Crippen LogP contribution in [0, 0.1) is 18.8 Å². The summed E-state index contributed by atoms with van der Waals surface area (Å²) in [4.78, 5) is 23.4. The third-order valence-corrected chi connectivity index (χ3v) is 6.55. The molecule has 0 aromatic heterocycles. The molecule has 0 saturated heterocycles. The lowest BCUT2D eigenvalue weighted by Gasteiger charge is -2.20. The molecule has 7 nitrogen and oxygen atoms in total. The van der Waals surface area contributed by atoms with Crippen molar-refractivity contribution in [2.24, 2.45) is 5.18 Å². The van der Waals surface area contributed by atoms with Gasteiger partial charge in [0, 0.05) is 18.3 Å². The fraction of sp³-hybridized carbons (Fsp3) is 0.136. The van der Waals surface area contributed by atoms with Gasteiger partial charge in [-0.05, 0) is 73.1 Å². The van der Waals surface area contributed by atoms with Crippen molar-refractivity contribution in [3.63, 3.8) is 0 Å². The number of sulfonamides is 1. The van der Waals surface area contributed by atoms with Crippen LogP contribution in [0.1, 0.15) is 21.5 Å². The van der Waals surface area contributed by atoms with Crippen molar-refractivity contribution in [3.05, 3.63) is 88.3 Å². The fourth-order valence-electron chi connectivity index (χ4n) is 2.83. The van der Waals surface area contributed by atoms with E-state index in [0.717, 1.165) is 11.1 Å². The third kappa shape index (κ3) is 4.38. The SMILES string of the molecule is Cc1ccc(S(=O)(=O)N(C)c2ccc(C(=O)Nc3cc(N=O)ccc3C)cc2)cc1. The smallest absolute Gasteiger partial charge is 0.264 e. The summed E-state index contributed by atoms with van der Waals surface area (Å²) in [5.74, 6) is -0.378. The Hall–Kier alpha value is -3.52. The quantitative estimate of drug-likeness (QED) is 0.577. The Labute approximate surface area is 175 Å². The molecule has 0 fully saturated rings. The lowest BCUT2D eigenvalue weighted by molar-refractivity contribution is 0.102. The minimum absolute atomic E-state index is 0.191. The Balaban J connectivity index is 1.79. The monoisotopic (exact) mass is 423 g/mol. The molecule has 3 aromatic rings. The van der Waals surface area contributed by atoms with Crippen molar-refractivity contribution in [1.29, 1.82) is 0 Å². The van der Waals surface area contributed by atoms with Crippen LogP contribution in [0.5, 0.6) is 0 Å². The molecule has 0 spiro atoms. The Bertz CT molecular complexity index is 1190. The summed E-state index contributed by atoms with van der Waals surface area (Å²) in [5, 5.41) is 5.61. The average molecular weight is 423 g/mol. The summed E-state index contributed by atoms with van der Waals surface area (Å²) in [6.07, 6.45) is 0. The van der Waals surface area contributed by atoms with Gasteiger partial charge in [0.2, 0.25) is 0 Å². The Morgan fingerprint density at radius 3 is 2.17 bits per heavy atom. The normalized spacial score (nSPS) is 11.0. The number of amides is 1. The Kier molecular flexibility index (Phi) is 5.98. The number of hydrogen-bond donors (Lipinski definition) is 1. The second kappa shape index (κ2) is 8.46. The van der Waals surface area contributed by atoms with Crippen LogP contribution in [0.2, 0.25) is 0 Å². The lowest BCUT2D eigenvalue weighted by Crippen LogP contribution is -2.26. The maximum atomic E-state index is 12.8. The lowest BCUT2D eigenvalue weighted by atomic mass is 10.1. The van der Waals surface area contributed by atoms with Gasteiger partial charge in [-0.15, -0.1) is 4.91 Å². The molecule has 0 aliphatic carbocycles. The number of carbonyl (C=O) groups is 1. The minimum atomic E-state index is -3.71. The minimum Gasteiger partial charge on any atom is -0.322 e. The molecule has 0 saturated carbocycles. The zero-order valence-corrected chi connectivity index (χ0v) is 17.6.